The van der Waals surface area contributed by atoms with Crippen molar-refractivity contribution < 1.29 is 19.1 Å². The van der Waals surface area contributed by atoms with E-state index in [1.807, 2.05) is 0 Å². The van der Waals surface area contributed by atoms with Crippen LogP contribution in [-0.4, -0.2) is 23.5 Å². The molecule has 108 valence electrons. The minimum Gasteiger partial charge on any atom is -0.478 e. The Morgan fingerprint density at radius 3 is 2.80 bits per heavy atom. The van der Waals surface area contributed by atoms with Crippen molar-refractivity contribution in [2.75, 3.05) is 11.9 Å². The van der Waals surface area contributed by atoms with Gasteiger partial charge >= 0.3 is 5.97 Å². The molecule has 0 spiro atoms. The Kier molecular flexibility index (Phi) is 4.34. The van der Waals surface area contributed by atoms with Crippen LogP contribution in [0.4, 0.5) is 10.1 Å². The lowest BCUT2D eigenvalue weighted by atomic mass is 9.95. The van der Waals surface area contributed by atoms with Crippen LogP contribution >= 0.6 is 0 Å². The van der Waals surface area contributed by atoms with Gasteiger partial charge in [-0.15, -0.1) is 0 Å². The van der Waals surface area contributed by atoms with Gasteiger partial charge in [0.25, 0.3) is 0 Å². The highest BCUT2D eigenvalue weighted by atomic mass is 19.1. The third-order valence-corrected chi connectivity index (χ3v) is 3.77. The van der Waals surface area contributed by atoms with Gasteiger partial charge in [0.05, 0.1) is 11.3 Å². The van der Waals surface area contributed by atoms with Crippen LogP contribution in [0.15, 0.2) is 18.2 Å². The minimum absolute atomic E-state index is 0.117. The second kappa shape index (κ2) is 6.00. The first kappa shape index (κ1) is 14.5. The Morgan fingerprint density at radius 2 is 2.15 bits per heavy atom. The zero-order valence-corrected chi connectivity index (χ0v) is 10.9. The lowest BCUT2D eigenvalue weighted by Crippen LogP contribution is -2.30. The third kappa shape index (κ3) is 2.96. The molecule has 1 aromatic carbocycles. The number of benzene rings is 1. The van der Waals surface area contributed by atoms with Gasteiger partial charge in [-0.1, -0.05) is 6.42 Å². The zero-order chi connectivity index (χ0) is 14.7. The molecule has 5 nitrogen and oxygen atoms in total. The van der Waals surface area contributed by atoms with E-state index in [1.165, 1.54) is 6.07 Å². The second-order valence-corrected chi connectivity index (χ2v) is 5.02. The molecule has 1 fully saturated rings. The molecule has 6 heteroatoms. The molecule has 0 aliphatic heterocycles. The Labute approximate surface area is 116 Å². The van der Waals surface area contributed by atoms with Gasteiger partial charge in [0.2, 0.25) is 5.91 Å². The number of rotatable bonds is 4. The predicted molar refractivity (Wildman–Crippen MR) is 71.9 cm³/mol. The lowest BCUT2D eigenvalue weighted by Gasteiger charge is -2.18. The highest BCUT2D eigenvalue weighted by Gasteiger charge is 2.32. The summed E-state index contributed by atoms with van der Waals surface area (Å²) in [5, 5.41) is 11.6. The van der Waals surface area contributed by atoms with E-state index >= 15 is 0 Å². The highest BCUT2D eigenvalue weighted by Crippen LogP contribution is 2.32. The first-order valence-corrected chi connectivity index (χ1v) is 6.56. The fourth-order valence-corrected chi connectivity index (χ4v) is 2.69. The number of halogens is 1. The van der Waals surface area contributed by atoms with E-state index in [2.05, 4.69) is 5.32 Å². The smallest absolute Gasteiger partial charge is 0.337 e. The Bertz CT molecular complexity index is 533. The van der Waals surface area contributed by atoms with Gasteiger partial charge in [0, 0.05) is 5.92 Å². The first-order chi connectivity index (χ1) is 9.52. The van der Waals surface area contributed by atoms with Crippen molar-refractivity contribution in [1.29, 1.82) is 0 Å². The van der Waals surface area contributed by atoms with Gasteiger partial charge < -0.3 is 16.2 Å². The van der Waals surface area contributed by atoms with Gasteiger partial charge in [0.1, 0.15) is 5.82 Å². The van der Waals surface area contributed by atoms with Crippen LogP contribution in [0, 0.1) is 17.7 Å². The Hall–Kier alpha value is -1.95. The third-order valence-electron chi connectivity index (χ3n) is 3.77. The van der Waals surface area contributed by atoms with Gasteiger partial charge in [0.15, 0.2) is 0 Å². The van der Waals surface area contributed by atoms with Gasteiger partial charge in [-0.2, -0.15) is 0 Å². The normalized spacial score (nSPS) is 21.7. The van der Waals surface area contributed by atoms with Crippen LogP contribution in [0.1, 0.15) is 29.6 Å². The summed E-state index contributed by atoms with van der Waals surface area (Å²) < 4.78 is 13.1. The zero-order valence-electron chi connectivity index (χ0n) is 10.9. The number of aromatic carboxylic acids is 1. The molecule has 4 N–H and O–H groups in total. The first-order valence-electron chi connectivity index (χ1n) is 6.56. The summed E-state index contributed by atoms with van der Waals surface area (Å²) in [6, 6.07) is 3.28. The molecule has 20 heavy (non-hydrogen) atoms. The number of hydrogen-bond donors (Lipinski definition) is 3. The second-order valence-electron chi connectivity index (χ2n) is 5.02. The summed E-state index contributed by atoms with van der Waals surface area (Å²) in [4.78, 5) is 23.2. The molecule has 2 unspecified atom stereocenters. The molecular weight excluding hydrogens is 263 g/mol. The molecule has 0 bridgehead atoms. The van der Waals surface area contributed by atoms with E-state index in [-0.39, 0.29) is 29.0 Å². The number of carbonyl (C=O) groups excluding carboxylic acids is 1. The summed E-state index contributed by atoms with van der Waals surface area (Å²) in [5.41, 5.74) is 5.50. The molecule has 1 saturated carbocycles. The molecule has 2 rings (SSSR count). The van der Waals surface area contributed by atoms with Gasteiger partial charge in [-0.3, -0.25) is 4.79 Å². The summed E-state index contributed by atoms with van der Waals surface area (Å²) >= 11 is 0. The molecule has 2 atom stereocenters. The van der Waals surface area contributed by atoms with Crippen molar-refractivity contribution >= 4 is 17.6 Å². The average molecular weight is 280 g/mol. The standard InChI is InChI=1S/C14H17FN2O3/c15-9-4-5-12(11(6-9)14(19)20)17-13(18)10-3-1-2-8(10)7-16/h4-6,8,10H,1-3,7,16H2,(H,17,18)(H,19,20). The van der Waals surface area contributed by atoms with Crippen molar-refractivity contribution in [1.82, 2.24) is 0 Å². The maximum atomic E-state index is 13.1. The fraction of sp³-hybridized carbons (Fsp3) is 0.429. The molecule has 1 aliphatic carbocycles. The van der Waals surface area contributed by atoms with Gasteiger partial charge in [-0.05, 0) is 43.5 Å². The Morgan fingerprint density at radius 1 is 1.40 bits per heavy atom. The van der Waals surface area contributed by atoms with E-state index in [0.717, 1.165) is 31.4 Å². The SMILES string of the molecule is NCC1CCCC1C(=O)Nc1ccc(F)cc1C(=O)O. The summed E-state index contributed by atoms with van der Waals surface area (Å²) in [6.07, 6.45) is 2.59. The number of nitrogens with one attached hydrogen (secondary N) is 1. The van der Waals surface area contributed by atoms with Crippen LogP contribution in [-0.2, 0) is 4.79 Å². The van der Waals surface area contributed by atoms with Crippen molar-refractivity contribution in [3.63, 3.8) is 0 Å². The van der Waals surface area contributed by atoms with Crippen LogP contribution in [0.2, 0.25) is 0 Å². The minimum atomic E-state index is -1.28. The lowest BCUT2D eigenvalue weighted by molar-refractivity contribution is -0.120. The monoisotopic (exact) mass is 280 g/mol. The number of carbonyl (C=O) groups is 2. The van der Waals surface area contributed by atoms with Crippen molar-refractivity contribution in [2.45, 2.75) is 19.3 Å². The van der Waals surface area contributed by atoms with Crippen LogP contribution in [0.3, 0.4) is 0 Å². The van der Waals surface area contributed by atoms with E-state index in [4.69, 9.17) is 10.8 Å². The molecule has 0 aromatic heterocycles. The molecule has 1 aromatic rings. The number of amides is 1. The van der Waals surface area contributed by atoms with Crippen LogP contribution in [0.5, 0.6) is 0 Å². The topological polar surface area (TPSA) is 92.4 Å². The van der Waals surface area contributed by atoms with E-state index < -0.39 is 11.8 Å². The van der Waals surface area contributed by atoms with Gasteiger partial charge in [-0.25, -0.2) is 9.18 Å². The predicted octanol–water partition coefficient (Wildman–Crippen LogP) is 1.84. The number of hydrogen-bond acceptors (Lipinski definition) is 3. The number of anilines is 1. The largest absolute Gasteiger partial charge is 0.478 e. The van der Waals surface area contributed by atoms with Crippen molar-refractivity contribution in [2.24, 2.45) is 17.6 Å². The van der Waals surface area contributed by atoms with Crippen molar-refractivity contribution in [3.8, 4) is 0 Å². The maximum Gasteiger partial charge on any atom is 0.337 e. The molecule has 1 aliphatic rings. The van der Waals surface area contributed by atoms with E-state index in [1.54, 1.807) is 0 Å². The van der Waals surface area contributed by atoms with Crippen LogP contribution in [0.25, 0.3) is 0 Å². The molecule has 0 saturated heterocycles. The number of carboxylic acid groups (broad SMARTS) is 1. The Balaban J connectivity index is 2.17. The quantitative estimate of drug-likeness (QED) is 0.784. The van der Waals surface area contributed by atoms with E-state index in [0.29, 0.717) is 6.54 Å². The molecule has 0 radical (unpaired) electrons. The molecular formula is C14H17FN2O3. The maximum absolute atomic E-state index is 13.1. The summed E-state index contributed by atoms with van der Waals surface area (Å²) in [7, 11) is 0. The molecule has 1 amide bonds. The average Bonchev–Trinajstić information content (AvgIpc) is 2.89. The van der Waals surface area contributed by atoms with Crippen molar-refractivity contribution in [3.05, 3.63) is 29.6 Å². The van der Waals surface area contributed by atoms with Crippen LogP contribution < -0.4 is 11.1 Å². The summed E-state index contributed by atoms with van der Waals surface area (Å²) in [5.74, 6) is -2.25. The summed E-state index contributed by atoms with van der Waals surface area (Å²) in [6.45, 7) is 0.438. The van der Waals surface area contributed by atoms with E-state index in [9.17, 15) is 14.0 Å². The fourth-order valence-electron chi connectivity index (χ4n) is 2.69. The highest BCUT2D eigenvalue weighted by molar-refractivity contribution is 6.01. The number of carboxylic acids is 1. The molecule has 0 heterocycles. The number of nitrogens with two attached hydrogens (primary N) is 1.